The zero-order valence-electron chi connectivity index (χ0n) is 10.7. The van der Waals surface area contributed by atoms with Crippen LogP contribution in [0.25, 0.3) is 0 Å². The van der Waals surface area contributed by atoms with Crippen LogP contribution in [-0.4, -0.2) is 33.1 Å². The lowest BCUT2D eigenvalue weighted by molar-refractivity contribution is -0.390. The Balaban J connectivity index is 2.84. The Bertz CT molecular complexity index is 490. The normalized spacial score (nSPS) is 12.6. The van der Waals surface area contributed by atoms with Crippen molar-refractivity contribution in [1.29, 1.82) is 0 Å². The third-order valence-electron chi connectivity index (χ3n) is 1.97. The summed E-state index contributed by atoms with van der Waals surface area (Å²) in [5.41, 5.74) is -0.773. The molecule has 9 heteroatoms. The Kier molecular flexibility index (Phi) is 4.20. The van der Waals surface area contributed by atoms with Crippen molar-refractivity contribution in [2.24, 2.45) is 0 Å². The molecule has 0 spiro atoms. The number of ether oxygens (including phenoxy) is 1. The second kappa shape index (κ2) is 5.46. The molecule has 1 aromatic rings. The summed E-state index contributed by atoms with van der Waals surface area (Å²) in [4.78, 5) is 32.4. The van der Waals surface area contributed by atoms with E-state index in [9.17, 15) is 19.7 Å². The summed E-state index contributed by atoms with van der Waals surface area (Å²) in [6.07, 6.45) is 0.621. The van der Waals surface area contributed by atoms with Gasteiger partial charge in [-0.3, -0.25) is 0 Å². The minimum absolute atomic E-state index is 0.0362. The fourth-order valence-electron chi connectivity index (χ4n) is 1.28. The number of H-pyrrole nitrogens is 1. The maximum atomic E-state index is 11.5. The first-order valence-electron chi connectivity index (χ1n) is 5.37. The van der Waals surface area contributed by atoms with Gasteiger partial charge in [0.2, 0.25) is 0 Å². The highest BCUT2D eigenvalue weighted by Gasteiger charge is 2.27. The molecule has 0 aromatic carbocycles. The summed E-state index contributed by atoms with van der Waals surface area (Å²) in [6, 6.07) is -1.20. The molecule has 1 heterocycles. The molecule has 2 N–H and O–H groups in total. The van der Waals surface area contributed by atoms with Gasteiger partial charge in [0, 0.05) is 0 Å². The smallest absolute Gasteiger partial charge is 0.408 e. The maximum absolute atomic E-state index is 11.5. The Morgan fingerprint density at radius 1 is 1.63 bits per heavy atom. The summed E-state index contributed by atoms with van der Waals surface area (Å²) in [7, 11) is 0. The molecule has 0 fully saturated rings. The summed E-state index contributed by atoms with van der Waals surface area (Å²) < 4.78 is 4.96. The summed E-state index contributed by atoms with van der Waals surface area (Å²) in [6.45, 7) is 4.97. The van der Waals surface area contributed by atoms with Crippen molar-refractivity contribution in [3.05, 3.63) is 21.9 Å². The molecule has 0 aliphatic rings. The molecular weight excluding hydrogens is 256 g/mol. The van der Waals surface area contributed by atoms with Crippen LogP contribution in [-0.2, 0) is 9.53 Å². The third kappa shape index (κ3) is 4.05. The first kappa shape index (κ1) is 14.6. The van der Waals surface area contributed by atoms with E-state index in [1.54, 1.807) is 20.8 Å². The number of rotatable bonds is 4. The van der Waals surface area contributed by atoms with Crippen LogP contribution in [0.4, 0.5) is 10.6 Å². The SMILES string of the molecule is CC(C)(C)OC(=O)NC(C=O)c1cn[nH]c1[N+](=O)[O-]. The lowest BCUT2D eigenvalue weighted by Crippen LogP contribution is -2.35. The van der Waals surface area contributed by atoms with E-state index in [4.69, 9.17) is 4.74 Å². The van der Waals surface area contributed by atoms with E-state index in [0.717, 1.165) is 6.20 Å². The van der Waals surface area contributed by atoms with Crippen LogP contribution in [0.2, 0.25) is 0 Å². The lowest BCUT2D eigenvalue weighted by Gasteiger charge is -2.21. The zero-order valence-corrected chi connectivity index (χ0v) is 10.7. The highest BCUT2D eigenvalue weighted by Crippen LogP contribution is 2.21. The van der Waals surface area contributed by atoms with E-state index < -0.39 is 28.5 Å². The minimum atomic E-state index is -1.20. The molecule has 0 aliphatic carbocycles. The number of nitro groups is 1. The summed E-state index contributed by atoms with van der Waals surface area (Å²) >= 11 is 0. The first-order chi connectivity index (χ1) is 8.74. The quantitative estimate of drug-likeness (QED) is 0.478. The van der Waals surface area contributed by atoms with Gasteiger partial charge in [0.05, 0.1) is 11.8 Å². The van der Waals surface area contributed by atoms with E-state index in [0.29, 0.717) is 6.29 Å². The number of hydrogen-bond donors (Lipinski definition) is 2. The number of aromatic nitrogens is 2. The van der Waals surface area contributed by atoms with Gasteiger partial charge < -0.3 is 25.0 Å². The summed E-state index contributed by atoms with van der Waals surface area (Å²) in [5, 5.41) is 18.5. The molecular formula is C10H14N4O5. The number of carbonyl (C=O) groups is 2. The Labute approximate surface area is 108 Å². The topological polar surface area (TPSA) is 127 Å². The number of nitrogens with one attached hydrogen (secondary N) is 2. The molecule has 0 bridgehead atoms. The Morgan fingerprint density at radius 3 is 2.74 bits per heavy atom. The van der Waals surface area contributed by atoms with Crippen LogP contribution in [0.15, 0.2) is 6.20 Å². The van der Waals surface area contributed by atoms with Gasteiger partial charge >= 0.3 is 11.9 Å². The van der Waals surface area contributed by atoms with E-state index in [2.05, 4.69) is 15.5 Å². The molecule has 1 amide bonds. The molecule has 1 aromatic heterocycles. The van der Waals surface area contributed by atoms with Crippen molar-refractivity contribution in [3.8, 4) is 0 Å². The molecule has 19 heavy (non-hydrogen) atoms. The van der Waals surface area contributed by atoms with Crippen LogP contribution in [0.5, 0.6) is 0 Å². The first-order valence-corrected chi connectivity index (χ1v) is 5.37. The number of alkyl carbamates (subject to hydrolysis) is 1. The number of aromatic amines is 1. The van der Waals surface area contributed by atoms with Gasteiger partial charge in [-0.05, 0) is 25.7 Å². The molecule has 9 nitrogen and oxygen atoms in total. The minimum Gasteiger partial charge on any atom is -0.444 e. The number of nitrogens with zero attached hydrogens (tertiary/aromatic N) is 2. The summed E-state index contributed by atoms with van der Waals surface area (Å²) in [5.74, 6) is -0.451. The molecule has 0 saturated carbocycles. The maximum Gasteiger partial charge on any atom is 0.408 e. The van der Waals surface area contributed by atoms with Crippen molar-refractivity contribution in [3.63, 3.8) is 0 Å². The predicted octanol–water partition coefficient (Wildman–Crippen LogP) is 1.08. The van der Waals surface area contributed by atoms with Crippen molar-refractivity contribution < 1.29 is 19.2 Å². The van der Waals surface area contributed by atoms with Crippen molar-refractivity contribution in [1.82, 2.24) is 15.5 Å². The van der Waals surface area contributed by atoms with Crippen molar-refractivity contribution in [2.45, 2.75) is 32.4 Å². The van der Waals surface area contributed by atoms with E-state index in [1.807, 2.05) is 0 Å². The van der Waals surface area contributed by atoms with Gasteiger partial charge in [-0.2, -0.15) is 0 Å². The van der Waals surface area contributed by atoms with Gasteiger partial charge in [0.25, 0.3) is 0 Å². The van der Waals surface area contributed by atoms with Crippen LogP contribution >= 0.6 is 0 Å². The Morgan fingerprint density at radius 2 is 2.26 bits per heavy atom. The van der Waals surface area contributed by atoms with Crippen LogP contribution in [0.3, 0.4) is 0 Å². The number of carbonyl (C=O) groups excluding carboxylic acids is 2. The van der Waals surface area contributed by atoms with Crippen LogP contribution in [0.1, 0.15) is 32.4 Å². The highest BCUT2D eigenvalue weighted by molar-refractivity contribution is 5.75. The van der Waals surface area contributed by atoms with E-state index in [1.165, 1.54) is 0 Å². The molecule has 1 rings (SSSR count). The average molecular weight is 270 g/mol. The molecule has 0 saturated heterocycles. The van der Waals surface area contributed by atoms with Crippen molar-refractivity contribution >= 4 is 18.2 Å². The number of amides is 1. The Hall–Kier alpha value is -2.45. The average Bonchev–Trinajstić information content (AvgIpc) is 2.72. The monoisotopic (exact) mass is 270 g/mol. The standard InChI is InChI=1S/C10H14N4O5/c1-10(2,3)19-9(16)12-7(5-15)6-4-11-13-8(6)14(17)18/h4-5,7H,1-3H3,(H,11,13)(H,12,16). The predicted molar refractivity (Wildman–Crippen MR) is 63.4 cm³/mol. The fraction of sp³-hybridized carbons (Fsp3) is 0.500. The van der Waals surface area contributed by atoms with Gasteiger partial charge in [-0.1, -0.05) is 5.10 Å². The van der Waals surface area contributed by atoms with Crippen molar-refractivity contribution in [2.75, 3.05) is 0 Å². The molecule has 0 radical (unpaired) electrons. The van der Waals surface area contributed by atoms with Gasteiger partial charge in [0.15, 0.2) is 0 Å². The zero-order chi connectivity index (χ0) is 14.6. The molecule has 104 valence electrons. The molecule has 0 aliphatic heterocycles. The van der Waals surface area contributed by atoms with Crippen LogP contribution in [0, 0.1) is 10.1 Å². The fourth-order valence-corrected chi connectivity index (χ4v) is 1.28. The third-order valence-corrected chi connectivity index (χ3v) is 1.97. The van der Waals surface area contributed by atoms with Gasteiger partial charge in [-0.25, -0.2) is 4.79 Å². The molecule has 1 unspecified atom stereocenters. The van der Waals surface area contributed by atoms with Crippen LogP contribution < -0.4 is 5.32 Å². The number of hydrogen-bond acceptors (Lipinski definition) is 6. The van der Waals surface area contributed by atoms with Gasteiger partial charge in [0.1, 0.15) is 17.9 Å². The van der Waals surface area contributed by atoms with E-state index in [-0.39, 0.29) is 5.56 Å². The molecule has 1 atom stereocenters. The largest absolute Gasteiger partial charge is 0.444 e. The number of aldehydes is 1. The van der Waals surface area contributed by atoms with Gasteiger partial charge in [-0.15, -0.1) is 5.10 Å². The van der Waals surface area contributed by atoms with E-state index >= 15 is 0 Å². The highest BCUT2D eigenvalue weighted by atomic mass is 16.6. The lowest BCUT2D eigenvalue weighted by atomic mass is 10.1. The second-order valence-corrected chi connectivity index (χ2v) is 4.69. The second-order valence-electron chi connectivity index (χ2n) is 4.69.